The lowest BCUT2D eigenvalue weighted by atomic mass is 10.1. The molecule has 0 aliphatic carbocycles. The van der Waals surface area contributed by atoms with Crippen molar-refractivity contribution < 1.29 is 23.8 Å². The normalized spacial score (nSPS) is 9.95. The fourth-order valence-electron chi connectivity index (χ4n) is 1.51. The highest BCUT2D eigenvalue weighted by Crippen LogP contribution is 2.13. The second kappa shape index (κ2) is 9.72. The summed E-state index contributed by atoms with van der Waals surface area (Å²) in [7, 11) is 0. The van der Waals surface area contributed by atoms with Crippen LogP contribution < -0.4 is 4.74 Å². The maximum Gasteiger partial charge on any atom is 0.332 e. The number of carbonyl (C=O) groups excluding carboxylic acids is 2. The fraction of sp³-hybridized carbons (Fsp3) is 0.375. The zero-order valence-corrected chi connectivity index (χ0v) is 12.2. The van der Waals surface area contributed by atoms with Gasteiger partial charge in [-0.25, -0.2) is 4.79 Å². The predicted octanol–water partition coefficient (Wildman–Crippen LogP) is 2.40. The van der Waals surface area contributed by atoms with Crippen LogP contribution in [-0.2, 0) is 14.3 Å². The summed E-state index contributed by atoms with van der Waals surface area (Å²) in [5, 5.41) is 0. The lowest BCUT2D eigenvalue weighted by Gasteiger charge is -2.06. The van der Waals surface area contributed by atoms with Crippen molar-refractivity contribution in [2.75, 3.05) is 26.4 Å². The van der Waals surface area contributed by atoms with Gasteiger partial charge in [0.05, 0.1) is 13.2 Å². The summed E-state index contributed by atoms with van der Waals surface area (Å²) >= 11 is 0. The first-order chi connectivity index (χ1) is 10.2. The second-order valence-electron chi connectivity index (χ2n) is 4.17. The van der Waals surface area contributed by atoms with E-state index in [4.69, 9.17) is 14.2 Å². The van der Waals surface area contributed by atoms with Crippen LogP contribution in [0.25, 0.3) is 0 Å². The Kier molecular flexibility index (Phi) is 7.82. The van der Waals surface area contributed by atoms with Crippen molar-refractivity contribution in [3.8, 4) is 5.75 Å². The molecule has 1 aromatic carbocycles. The van der Waals surface area contributed by atoms with Crippen molar-refractivity contribution >= 4 is 11.8 Å². The molecule has 0 aliphatic rings. The van der Waals surface area contributed by atoms with Gasteiger partial charge in [0.15, 0.2) is 5.78 Å². The topological polar surface area (TPSA) is 61.8 Å². The number of hydrogen-bond acceptors (Lipinski definition) is 5. The highest BCUT2D eigenvalue weighted by molar-refractivity contribution is 5.97. The quantitative estimate of drug-likeness (QED) is 0.287. The first-order valence-corrected chi connectivity index (χ1v) is 6.77. The van der Waals surface area contributed by atoms with Crippen molar-refractivity contribution in [3.63, 3.8) is 0 Å². The van der Waals surface area contributed by atoms with Gasteiger partial charge in [-0.15, -0.1) is 6.58 Å². The highest BCUT2D eigenvalue weighted by Gasteiger charge is 2.08. The van der Waals surface area contributed by atoms with Crippen molar-refractivity contribution in [2.24, 2.45) is 0 Å². The zero-order chi connectivity index (χ0) is 15.5. The molecule has 0 atom stereocenters. The minimum absolute atomic E-state index is 0.157. The van der Waals surface area contributed by atoms with Gasteiger partial charge in [-0.05, 0) is 37.6 Å². The van der Waals surface area contributed by atoms with Gasteiger partial charge in [0.1, 0.15) is 19.0 Å². The van der Waals surface area contributed by atoms with E-state index in [1.54, 1.807) is 37.3 Å². The SMILES string of the molecule is C=CCCOc1ccc(C(=O)COCC(=O)OCC)cc1. The number of ether oxygens (including phenoxy) is 3. The lowest BCUT2D eigenvalue weighted by Crippen LogP contribution is -2.17. The molecule has 0 N–H and O–H groups in total. The molecule has 0 spiro atoms. The molecule has 0 saturated heterocycles. The maximum absolute atomic E-state index is 11.8. The van der Waals surface area contributed by atoms with Crippen LogP contribution in [0.5, 0.6) is 5.75 Å². The zero-order valence-electron chi connectivity index (χ0n) is 12.2. The van der Waals surface area contributed by atoms with Crippen molar-refractivity contribution in [1.29, 1.82) is 0 Å². The Balaban J connectivity index is 2.37. The van der Waals surface area contributed by atoms with Crippen LogP contribution in [0, 0.1) is 0 Å². The Morgan fingerprint density at radius 1 is 1.19 bits per heavy atom. The molecule has 0 aromatic heterocycles. The van der Waals surface area contributed by atoms with Gasteiger partial charge in [0, 0.05) is 5.56 Å². The molecule has 0 radical (unpaired) electrons. The van der Waals surface area contributed by atoms with Gasteiger partial charge in [-0.1, -0.05) is 6.08 Å². The van der Waals surface area contributed by atoms with Crippen LogP contribution in [0.15, 0.2) is 36.9 Å². The fourth-order valence-corrected chi connectivity index (χ4v) is 1.51. The van der Waals surface area contributed by atoms with E-state index >= 15 is 0 Å². The van der Waals surface area contributed by atoms with Crippen LogP contribution in [-0.4, -0.2) is 38.2 Å². The van der Waals surface area contributed by atoms with Gasteiger partial charge in [-0.3, -0.25) is 4.79 Å². The van der Waals surface area contributed by atoms with Crippen LogP contribution in [0.4, 0.5) is 0 Å². The molecule has 0 saturated carbocycles. The third kappa shape index (κ3) is 6.72. The third-order valence-corrected chi connectivity index (χ3v) is 2.53. The molecular weight excluding hydrogens is 272 g/mol. The van der Waals surface area contributed by atoms with Gasteiger partial charge in [-0.2, -0.15) is 0 Å². The summed E-state index contributed by atoms with van der Waals surface area (Å²) in [6.07, 6.45) is 2.54. The largest absolute Gasteiger partial charge is 0.493 e. The molecule has 0 unspecified atom stereocenters. The molecule has 1 rings (SSSR count). The van der Waals surface area contributed by atoms with Crippen LogP contribution in [0.3, 0.4) is 0 Å². The van der Waals surface area contributed by atoms with Gasteiger partial charge in [0.2, 0.25) is 0 Å². The standard InChI is InChI=1S/C16H20O5/c1-3-5-10-21-14-8-6-13(7-9-14)15(17)11-19-12-16(18)20-4-2/h3,6-9H,1,4-5,10-12H2,2H3. The minimum Gasteiger partial charge on any atom is -0.493 e. The molecule has 1 aromatic rings. The summed E-state index contributed by atoms with van der Waals surface area (Å²) in [5.74, 6) is 0.0223. The Labute approximate surface area is 124 Å². The summed E-state index contributed by atoms with van der Waals surface area (Å²) < 4.78 is 15.1. The Morgan fingerprint density at radius 2 is 1.90 bits per heavy atom. The van der Waals surface area contributed by atoms with Crippen LogP contribution in [0.1, 0.15) is 23.7 Å². The average Bonchev–Trinajstić information content (AvgIpc) is 2.48. The number of ketones is 1. The van der Waals surface area contributed by atoms with E-state index in [-0.39, 0.29) is 19.0 Å². The summed E-state index contributed by atoms with van der Waals surface area (Å²) in [6.45, 7) is 5.79. The van der Waals surface area contributed by atoms with Crippen molar-refractivity contribution in [3.05, 3.63) is 42.5 Å². The molecule has 21 heavy (non-hydrogen) atoms. The predicted molar refractivity (Wildman–Crippen MR) is 78.5 cm³/mol. The molecular formula is C16H20O5. The number of esters is 1. The summed E-state index contributed by atoms with van der Waals surface area (Å²) in [6, 6.07) is 6.78. The minimum atomic E-state index is -0.476. The number of Topliss-reactive ketones (excluding diaryl/α,β-unsaturated/α-hetero) is 1. The average molecular weight is 292 g/mol. The molecule has 5 heteroatoms. The van der Waals surface area contributed by atoms with Gasteiger partial charge >= 0.3 is 5.97 Å². The molecule has 0 bridgehead atoms. The maximum atomic E-state index is 11.8. The molecule has 5 nitrogen and oxygen atoms in total. The van der Waals surface area contributed by atoms with E-state index in [0.717, 1.165) is 6.42 Å². The Bertz CT molecular complexity index is 464. The number of hydrogen-bond donors (Lipinski definition) is 0. The highest BCUT2D eigenvalue weighted by atomic mass is 16.6. The Morgan fingerprint density at radius 3 is 2.52 bits per heavy atom. The molecule has 0 heterocycles. The van der Waals surface area contributed by atoms with Crippen molar-refractivity contribution in [2.45, 2.75) is 13.3 Å². The van der Waals surface area contributed by atoms with Gasteiger partial charge in [0.25, 0.3) is 0 Å². The molecule has 0 amide bonds. The number of carbonyl (C=O) groups is 2. The molecule has 114 valence electrons. The van der Waals surface area contributed by atoms with E-state index in [9.17, 15) is 9.59 Å². The second-order valence-corrected chi connectivity index (χ2v) is 4.17. The Hall–Kier alpha value is -2.14. The molecule has 0 aliphatic heterocycles. The smallest absolute Gasteiger partial charge is 0.332 e. The number of benzene rings is 1. The third-order valence-electron chi connectivity index (χ3n) is 2.53. The lowest BCUT2D eigenvalue weighted by molar-refractivity contribution is -0.147. The first kappa shape index (κ1) is 16.9. The van der Waals surface area contributed by atoms with E-state index < -0.39 is 5.97 Å². The van der Waals surface area contributed by atoms with E-state index in [0.29, 0.717) is 24.5 Å². The van der Waals surface area contributed by atoms with E-state index in [2.05, 4.69) is 6.58 Å². The summed E-state index contributed by atoms with van der Waals surface area (Å²) in [4.78, 5) is 22.9. The first-order valence-electron chi connectivity index (χ1n) is 6.77. The molecule has 0 fully saturated rings. The summed E-state index contributed by atoms with van der Waals surface area (Å²) in [5.41, 5.74) is 0.509. The number of rotatable bonds is 10. The van der Waals surface area contributed by atoms with Crippen LogP contribution >= 0.6 is 0 Å². The van der Waals surface area contributed by atoms with Crippen molar-refractivity contribution in [1.82, 2.24) is 0 Å². The van der Waals surface area contributed by atoms with E-state index in [1.807, 2.05) is 0 Å². The van der Waals surface area contributed by atoms with Crippen LogP contribution in [0.2, 0.25) is 0 Å². The van der Waals surface area contributed by atoms with E-state index in [1.165, 1.54) is 0 Å². The van der Waals surface area contributed by atoms with Gasteiger partial charge < -0.3 is 14.2 Å². The monoisotopic (exact) mass is 292 g/mol.